The third-order valence-electron chi connectivity index (χ3n) is 4.30. The van der Waals surface area contributed by atoms with E-state index in [0.29, 0.717) is 5.69 Å². The zero-order chi connectivity index (χ0) is 12.6. The van der Waals surface area contributed by atoms with Crippen molar-refractivity contribution in [3.05, 3.63) is 24.3 Å². The summed E-state index contributed by atoms with van der Waals surface area (Å²) < 4.78 is 0. The predicted octanol–water partition coefficient (Wildman–Crippen LogP) is 1.01. The summed E-state index contributed by atoms with van der Waals surface area (Å²) in [6.07, 6.45) is 10.7. The molecule has 3 rings (SSSR count). The van der Waals surface area contributed by atoms with Crippen molar-refractivity contribution in [3.8, 4) is 0 Å². The van der Waals surface area contributed by atoms with Gasteiger partial charge in [0.25, 0.3) is 5.91 Å². The Morgan fingerprint density at radius 1 is 1.28 bits per heavy atom. The molecule has 2 fully saturated rings. The number of carbonyl (C=O) groups is 1. The molecule has 0 radical (unpaired) electrons. The fourth-order valence-corrected chi connectivity index (χ4v) is 3.43. The summed E-state index contributed by atoms with van der Waals surface area (Å²) in [6.45, 7) is 0. The number of hydrogen-bond donors (Lipinski definition) is 2. The summed E-state index contributed by atoms with van der Waals surface area (Å²) in [5.41, 5.74) is 6.53. The summed E-state index contributed by atoms with van der Waals surface area (Å²) in [5, 5.41) is 3.14. The van der Waals surface area contributed by atoms with E-state index >= 15 is 0 Å². The number of rotatable bonds is 2. The first kappa shape index (κ1) is 11.6. The fraction of sp³-hybridized carbons (Fsp3) is 0.615. The highest BCUT2D eigenvalue weighted by molar-refractivity contribution is 5.92. The molecule has 0 unspecified atom stereocenters. The maximum absolute atomic E-state index is 12.1. The van der Waals surface area contributed by atoms with E-state index in [2.05, 4.69) is 15.3 Å². The standard InChI is InChI=1S/C13H18N4O/c14-12-2-1-3-13(9-12,5-4-12)17-11(18)10-8-15-6-7-16-10/h6-8H,1-5,9,14H2,(H,17,18)/t12-,13+/m0/s1. The van der Waals surface area contributed by atoms with Crippen molar-refractivity contribution in [3.63, 3.8) is 0 Å². The van der Waals surface area contributed by atoms with Gasteiger partial charge in [-0.1, -0.05) is 0 Å². The number of nitrogens with two attached hydrogens (primary N) is 1. The lowest BCUT2D eigenvalue weighted by Crippen LogP contribution is -2.52. The minimum absolute atomic E-state index is 0.0616. The molecule has 1 aromatic rings. The molecule has 2 saturated carbocycles. The van der Waals surface area contributed by atoms with Crippen molar-refractivity contribution in [2.24, 2.45) is 5.73 Å². The summed E-state index contributed by atoms with van der Waals surface area (Å²) in [6, 6.07) is 0. The van der Waals surface area contributed by atoms with Crippen LogP contribution in [-0.2, 0) is 0 Å². The molecule has 1 aromatic heterocycles. The van der Waals surface area contributed by atoms with Crippen LogP contribution in [0.5, 0.6) is 0 Å². The molecule has 0 saturated heterocycles. The molecule has 2 bridgehead atoms. The molecule has 5 heteroatoms. The van der Waals surface area contributed by atoms with Gasteiger partial charge in [-0.15, -0.1) is 0 Å². The first-order valence-corrected chi connectivity index (χ1v) is 6.48. The van der Waals surface area contributed by atoms with Gasteiger partial charge in [0, 0.05) is 23.5 Å². The third kappa shape index (κ3) is 1.99. The van der Waals surface area contributed by atoms with Crippen molar-refractivity contribution in [2.75, 3.05) is 0 Å². The first-order chi connectivity index (χ1) is 8.61. The third-order valence-corrected chi connectivity index (χ3v) is 4.30. The maximum atomic E-state index is 12.1. The number of fused-ring (bicyclic) bond motifs is 2. The second-order valence-corrected chi connectivity index (χ2v) is 5.72. The number of carbonyl (C=O) groups excluding carboxylic acids is 1. The molecule has 0 aromatic carbocycles. The van der Waals surface area contributed by atoms with Crippen LogP contribution in [0, 0.1) is 0 Å². The van der Waals surface area contributed by atoms with Gasteiger partial charge in [0.15, 0.2) is 0 Å². The summed E-state index contributed by atoms with van der Waals surface area (Å²) in [4.78, 5) is 20.1. The van der Waals surface area contributed by atoms with Crippen LogP contribution in [0.2, 0.25) is 0 Å². The Kier molecular flexibility index (Phi) is 2.59. The van der Waals surface area contributed by atoms with Crippen LogP contribution in [0.1, 0.15) is 49.0 Å². The molecule has 2 aliphatic rings. The van der Waals surface area contributed by atoms with Crippen LogP contribution in [0.15, 0.2) is 18.6 Å². The lowest BCUT2D eigenvalue weighted by molar-refractivity contribution is 0.0871. The number of nitrogens with zero attached hydrogens (tertiary/aromatic N) is 2. The predicted molar refractivity (Wildman–Crippen MR) is 66.8 cm³/mol. The van der Waals surface area contributed by atoms with Crippen LogP contribution in [0.25, 0.3) is 0 Å². The van der Waals surface area contributed by atoms with Gasteiger partial charge in [-0.05, 0) is 38.5 Å². The van der Waals surface area contributed by atoms with Gasteiger partial charge in [0.2, 0.25) is 0 Å². The van der Waals surface area contributed by atoms with Gasteiger partial charge in [-0.3, -0.25) is 9.78 Å². The van der Waals surface area contributed by atoms with Crippen LogP contribution in [0.3, 0.4) is 0 Å². The van der Waals surface area contributed by atoms with E-state index < -0.39 is 0 Å². The quantitative estimate of drug-likeness (QED) is 0.816. The van der Waals surface area contributed by atoms with Crippen molar-refractivity contribution in [1.29, 1.82) is 0 Å². The summed E-state index contributed by atoms with van der Waals surface area (Å²) in [5.74, 6) is -0.130. The molecule has 2 aliphatic carbocycles. The number of amides is 1. The molecule has 18 heavy (non-hydrogen) atoms. The summed E-state index contributed by atoms with van der Waals surface area (Å²) in [7, 11) is 0. The lowest BCUT2D eigenvalue weighted by Gasteiger charge is -2.37. The SMILES string of the molecule is N[C@@]12CCC[C@@](NC(=O)c3cnccn3)(CC1)C2. The van der Waals surface area contributed by atoms with E-state index in [4.69, 9.17) is 5.73 Å². The second-order valence-electron chi connectivity index (χ2n) is 5.72. The minimum atomic E-state index is -0.130. The molecule has 3 N–H and O–H groups in total. The van der Waals surface area contributed by atoms with E-state index in [1.54, 1.807) is 6.20 Å². The zero-order valence-corrected chi connectivity index (χ0v) is 10.4. The molecule has 0 aliphatic heterocycles. The highest BCUT2D eigenvalue weighted by Crippen LogP contribution is 2.46. The normalized spacial score (nSPS) is 34.3. The first-order valence-electron chi connectivity index (χ1n) is 6.48. The molecular weight excluding hydrogens is 228 g/mol. The lowest BCUT2D eigenvalue weighted by atomic mass is 9.79. The molecule has 2 atom stereocenters. The van der Waals surface area contributed by atoms with Gasteiger partial charge < -0.3 is 11.1 Å². The Balaban J connectivity index is 1.75. The minimum Gasteiger partial charge on any atom is -0.345 e. The molecule has 0 spiro atoms. The zero-order valence-electron chi connectivity index (χ0n) is 10.4. The molecule has 5 nitrogen and oxygen atoms in total. The Labute approximate surface area is 106 Å². The van der Waals surface area contributed by atoms with Crippen LogP contribution < -0.4 is 11.1 Å². The Bertz CT molecular complexity index is 463. The number of nitrogens with one attached hydrogen (secondary N) is 1. The van der Waals surface area contributed by atoms with E-state index in [-0.39, 0.29) is 17.0 Å². The van der Waals surface area contributed by atoms with Gasteiger partial charge in [0.1, 0.15) is 5.69 Å². The Morgan fingerprint density at radius 2 is 2.17 bits per heavy atom. The van der Waals surface area contributed by atoms with E-state index in [0.717, 1.165) is 38.5 Å². The molecular formula is C13H18N4O. The fourth-order valence-electron chi connectivity index (χ4n) is 3.43. The average molecular weight is 246 g/mol. The topological polar surface area (TPSA) is 80.9 Å². The average Bonchev–Trinajstić information content (AvgIpc) is 2.60. The van der Waals surface area contributed by atoms with Crippen molar-refractivity contribution < 1.29 is 4.79 Å². The van der Waals surface area contributed by atoms with Gasteiger partial charge in [-0.25, -0.2) is 4.98 Å². The van der Waals surface area contributed by atoms with Crippen molar-refractivity contribution in [2.45, 2.75) is 49.6 Å². The van der Waals surface area contributed by atoms with Gasteiger partial charge in [-0.2, -0.15) is 0 Å². The van der Waals surface area contributed by atoms with Gasteiger partial charge >= 0.3 is 0 Å². The maximum Gasteiger partial charge on any atom is 0.271 e. The van der Waals surface area contributed by atoms with Crippen LogP contribution in [0.4, 0.5) is 0 Å². The Morgan fingerprint density at radius 3 is 2.94 bits per heavy atom. The molecule has 1 amide bonds. The second kappa shape index (κ2) is 4.02. The van der Waals surface area contributed by atoms with Crippen LogP contribution >= 0.6 is 0 Å². The smallest absolute Gasteiger partial charge is 0.271 e. The highest BCUT2D eigenvalue weighted by atomic mass is 16.2. The van der Waals surface area contributed by atoms with Crippen molar-refractivity contribution in [1.82, 2.24) is 15.3 Å². The van der Waals surface area contributed by atoms with E-state index in [1.807, 2.05) is 0 Å². The molecule has 96 valence electrons. The van der Waals surface area contributed by atoms with Gasteiger partial charge in [0.05, 0.1) is 6.20 Å². The number of aromatic nitrogens is 2. The molecule has 1 heterocycles. The highest BCUT2D eigenvalue weighted by Gasteiger charge is 2.49. The van der Waals surface area contributed by atoms with E-state index in [9.17, 15) is 4.79 Å². The van der Waals surface area contributed by atoms with Crippen LogP contribution in [-0.4, -0.2) is 27.0 Å². The number of hydrogen-bond acceptors (Lipinski definition) is 4. The largest absolute Gasteiger partial charge is 0.345 e. The Hall–Kier alpha value is -1.49. The summed E-state index contributed by atoms with van der Waals surface area (Å²) >= 11 is 0. The van der Waals surface area contributed by atoms with Crippen molar-refractivity contribution >= 4 is 5.91 Å². The van der Waals surface area contributed by atoms with E-state index in [1.165, 1.54) is 12.4 Å². The monoisotopic (exact) mass is 246 g/mol.